The lowest BCUT2D eigenvalue weighted by Crippen LogP contribution is -1.87. The largest absolute Gasteiger partial charge is 0.508 e. The molecule has 0 radical (unpaired) electrons. The van der Waals surface area contributed by atoms with Crippen LogP contribution in [0.3, 0.4) is 0 Å². The van der Waals surface area contributed by atoms with Crippen LogP contribution in [0.1, 0.15) is 5.56 Å². The third-order valence-corrected chi connectivity index (χ3v) is 1.92. The van der Waals surface area contributed by atoms with Gasteiger partial charge < -0.3 is 9.84 Å². The molecule has 0 fully saturated rings. The molecule has 1 aromatic heterocycles. The number of pyridine rings is 1. The number of ether oxygens (including phenoxy) is 1. The molecule has 0 atom stereocenters. The van der Waals surface area contributed by atoms with Gasteiger partial charge in [-0.05, 0) is 30.3 Å². The van der Waals surface area contributed by atoms with Gasteiger partial charge >= 0.3 is 0 Å². The van der Waals surface area contributed by atoms with Crippen molar-refractivity contribution in [3.8, 4) is 23.4 Å². The Morgan fingerprint density at radius 1 is 1.12 bits per heavy atom. The maximum Gasteiger partial charge on any atom is 0.219 e. The Labute approximate surface area is 92.4 Å². The summed E-state index contributed by atoms with van der Waals surface area (Å²) in [5.74, 6) is 1.17. The average molecular weight is 212 g/mol. The summed E-state index contributed by atoms with van der Waals surface area (Å²) in [6, 6.07) is 11.5. The van der Waals surface area contributed by atoms with E-state index < -0.39 is 0 Å². The van der Waals surface area contributed by atoms with E-state index in [1.807, 2.05) is 6.07 Å². The summed E-state index contributed by atoms with van der Waals surface area (Å²) in [5.41, 5.74) is 0.484. The second-order valence-corrected chi connectivity index (χ2v) is 3.09. The van der Waals surface area contributed by atoms with Crippen LogP contribution >= 0.6 is 0 Å². The molecule has 0 aliphatic rings. The quantitative estimate of drug-likeness (QED) is 0.830. The summed E-state index contributed by atoms with van der Waals surface area (Å²) in [6.07, 6.45) is 1.44. The van der Waals surface area contributed by atoms with Crippen LogP contribution in [0.25, 0.3) is 0 Å². The number of hydrogen-bond donors (Lipinski definition) is 1. The van der Waals surface area contributed by atoms with E-state index in [1.54, 1.807) is 24.3 Å². The Morgan fingerprint density at radius 2 is 1.88 bits per heavy atom. The highest BCUT2D eigenvalue weighted by Gasteiger charge is 1.98. The molecule has 2 aromatic rings. The van der Waals surface area contributed by atoms with Gasteiger partial charge in [0.2, 0.25) is 5.88 Å². The monoisotopic (exact) mass is 212 g/mol. The van der Waals surface area contributed by atoms with Crippen LogP contribution in [0, 0.1) is 11.3 Å². The first-order valence-corrected chi connectivity index (χ1v) is 4.61. The predicted octanol–water partition coefficient (Wildman–Crippen LogP) is 2.45. The molecule has 0 unspecified atom stereocenters. The normalized spacial score (nSPS) is 9.44. The summed E-state index contributed by atoms with van der Waals surface area (Å²) in [5, 5.41) is 17.7. The molecule has 0 bridgehead atoms. The molecule has 2 rings (SSSR count). The zero-order valence-electron chi connectivity index (χ0n) is 8.29. The van der Waals surface area contributed by atoms with Gasteiger partial charge in [0.25, 0.3) is 0 Å². The van der Waals surface area contributed by atoms with Crippen molar-refractivity contribution in [2.75, 3.05) is 0 Å². The summed E-state index contributed by atoms with van der Waals surface area (Å²) >= 11 is 0. The standard InChI is InChI=1S/C12H8N2O2/c13-7-9-1-6-12(14-8-9)16-11-4-2-10(15)3-5-11/h1-6,8,15H. The number of aromatic nitrogens is 1. The van der Waals surface area contributed by atoms with E-state index in [0.29, 0.717) is 17.2 Å². The lowest BCUT2D eigenvalue weighted by molar-refractivity contribution is 0.454. The molecule has 0 aliphatic heterocycles. The van der Waals surface area contributed by atoms with Crippen molar-refractivity contribution < 1.29 is 9.84 Å². The Bertz CT molecular complexity index is 512. The number of hydrogen-bond acceptors (Lipinski definition) is 4. The summed E-state index contributed by atoms with van der Waals surface area (Å²) in [6.45, 7) is 0. The van der Waals surface area contributed by atoms with Crippen LogP contribution < -0.4 is 4.74 Å². The van der Waals surface area contributed by atoms with E-state index in [0.717, 1.165) is 0 Å². The Hall–Kier alpha value is -2.54. The van der Waals surface area contributed by atoms with E-state index >= 15 is 0 Å². The Balaban J connectivity index is 2.15. The van der Waals surface area contributed by atoms with Crippen LogP contribution in [0.5, 0.6) is 17.4 Å². The van der Waals surface area contributed by atoms with Gasteiger partial charge in [0.05, 0.1) is 5.56 Å². The Morgan fingerprint density at radius 3 is 2.44 bits per heavy atom. The molecule has 0 amide bonds. The molecule has 16 heavy (non-hydrogen) atoms. The van der Waals surface area contributed by atoms with Crippen molar-refractivity contribution >= 4 is 0 Å². The minimum absolute atomic E-state index is 0.181. The highest BCUT2D eigenvalue weighted by atomic mass is 16.5. The summed E-state index contributed by atoms with van der Waals surface area (Å²) < 4.78 is 5.40. The predicted molar refractivity (Wildman–Crippen MR) is 57.1 cm³/mol. The fourth-order valence-corrected chi connectivity index (χ4v) is 1.14. The van der Waals surface area contributed by atoms with Crippen LogP contribution in [-0.2, 0) is 0 Å². The van der Waals surface area contributed by atoms with Crippen molar-refractivity contribution in [1.82, 2.24) is 4.98 Å². The lowest BCUT2D eigenvalue weighted by atomic mass is 10.3. The van der Waals surface area contributed by atoms with Gasteiger partial charge in [-0.15, -0.1) is 0 Å². The van der Waals surface area contributed by atoms with E-state index in [9.17, 15) is 0 Å². The van der Waals surface area contributed by atoms with Crippen LogP contribution in [0.15, 0.2) is 42.6 Å². The van der Waals surface area contributed by atoms with Crippen molar-refractivity contribution in [2.24, 2.45) is 0 Å². The number of rotatable bonds is 2. The van der Waals surface area contributed by atoms with Gasteiger partial charge in [0, 0.05) is 12.3 Å². The Kier molecular flexibility index (Phi) is 2.70. The van der Waals surface area contributed by atoms with Gasteiger partial charge in [0.15, 0.2) is 0 Å². The number of phenols is 1. The fourth-order valence-electron chi connectivity index (χ4n) is 1.14. The van der Waals surface area contributed by atoms with Gasteiger partial charge in [-0.2, -0.15) is 5.26 Å². The molecule has 0 saturated heterocycles. The molecule has 1 N–H and O–H groups in total. The average Bonchev–Trinajstić information content (AvgIpc) is 2.33. The SMILES string of the molecule is N#Cc1ccc(Oc2ccc(O)cc2)nc1. The first-order chi connectivity index (χ1) is 7.78. The minimum Gasteiger partial charge on any atom is -0.508 e. The number of nitrogens with zero attached hydrogens (tertiary/aromatic N) is 2. The molecule has 0 spiro atoms. The third kappa shape index (κ3) is 2.28. The second-order valence-electron chi connectivity index (χ2n) is 3.09. The topological polar surface area (TPSA) is 66.1 Å². The maximum atomic E-state index is 9.08. The smallest absolute Gasteiger partial charge is 0.219 e. The fraction of sp³-hybridized carbons (Fsp3) is 0. The summed E-state index contributed by atoms with van der Waals surface area (Å²) in [7, 11) is 0. The first kappa shape index (κ1) is 9.99. The van der Waals surface area contributed by atoms with E-state index in [-0.39, 0.29) is 5.75 Å². The zero-order valence-corrected chi connectivity index (χ0v) is 8.29. The second kappa shape index (κ2) is 4.32. The van der Waals surface area contributed by atoms with Crippen LogP contribution in [0.2, 0.25) is 0 Å². The third-order valence-electron chi connectivity index (χ3n) is 1.92. The molecule has 4 heteroatoms. The molecule has 0 saturated carbocycles. The molecular formula is C12H8N2O2. The van der Waals surface area contributed by atoms with Crippen LogP contribution in [-0.4, -0.2) is 10.1 Å². The van der Waals surface area contributed by atoms with Crippen LogP contribution in [0.4, 0.5) is 0 Å². The zero-order chi connectivity index (χ0) is 11.4. The van der Waals surface area contributed by atoms with Crippen molar-refractivity contribution in [2.45, 2.75) is 0 Å². The van der Waals surface area contributed by atoms with Gasteiger partial charge in [-0.3, -0.25) is 0 Å². The van der Waals surface area contributed by atoms with Crippen molar-refractivity contribution in [3.05, 3.63) is 48.2 Å². The number of benzene rings is 1. The number of aromatic hydroxyl groups is 1. The first-order valence-electron chi connectivity index (χ1n) is 4.61. The van der Waals surface area contributed by atoms with Crippen molar-refractivity contribution in [1.29, 1.82) is 5.26 Å². The highest BCUT2D eigenvalue weighted by Crippen LogP contribution is 2.21. The number of phenolic OH excluding ortho intramolecular Hbond substituents is 1. The molecule has 0 aliphatic carbocycles. The van der Waals surface area contributed by atoms with Gasteiger partial charge in [0.1, 0.15) is 17.6 Å². The lowest BCUT2D eigenvalue weighted by Gasteiger charge is -2.03. The maximum absolute atomic E-state index is 9.08. The van der Waals surface area contributed by atoms with Gasteiger partial charge in [-0.25, -0.2) is 4.98 Å². The molecule has 1 aromatic carbocycles. The summed E-state index contributed by atoms with van der Waals surface area (Å²) in [4.78, 5) is 3.96. The number of nitriles is 1. The molecule has 4 nitrogen and oxygen atoms in total. The molecule has 78 valence electrons. The molecular weight excluding hydrogens is 204 g/mol. The molecule has 1 heterocycles. The van der Waals surface area contributed by atoms with E-state index in [2.05, 4.69) is 4.98 Å². The highest BCUT2D eigenvalue weighted by molar-refractivity contribution is 5.34. The van der Waals surface area contributed by atoms with Crippen molar-refractivity contribution in [3.63, 3.8) is 0 Å². The minimum atomic E-state index is 0.181. The van der Waals surface area contributed by atoms with E-state index in [4.69, 9.17) is 15.1 Å². The van der Waals surface area contributed by atoms with Gasteiger partial charge in [-0.1, -0.05) is 0 Å². The van der Waals surface area contributed by atoms with E-state index in [1.165, 1.54) is 18.3 Å².